The molecule has 0 aromatic heterocycles. The van der Waals surface area contributed by atoms with Gasteiger partial charge in [0.15, 0.2) is 0 Å². The normalized spacial score (nSPS) is 21.2. The summed E-state index contributed by atoms with van der Waals surface area (Å²) in [6.07, 6.45) is 3.77. The maximum Gasteiger partial charge on any atom is 0.219 e. The molecular formula is C16H22N2O2. The van der Waals surface area contributed by atoms with Gasteiger partial charge in [-0.15, -0.1) is 0 Å². The summed E-state index contributed by atoms with van der Waals surface area (Å²) in [4.78, 5) is 13.9. The number of fused-ring (bicyclic) bond motifs is 1. The standard InChI is InChI=1S/C16H22N2O2/c1-2-16(19)17-12-8-9-18(11-12)14-6-3-7-15-13(14)5-4-10-20-15/h3,6-7,12H,2,4-5,8-11H2,1H3,(H,17,19). The number of nitrogens with zero attached hydrogens (tertiary/aromatic N) is 1. The van der Waals surface area contributed by atoms with Crippen molar-refractivity contribution in [1.82, 2.24) is 5.32 Å². The Hall–Kier alpha value is -1.71. The second-order valence-electron chi connectivity index (χ2n) is 5.56. The van der Waals surface area contributed by atoms with Gasteiger partial charge in [-0.2, -0.15) is 0 Å². The summed E-state index contributed by atoms with van der Waals surface area (Å²) < 4.78 is 5.74. The Bertz CT molecular complexity index is 501. The van der Waals surface area contributed by atoms with Crippen LogP contribution in [0.25, 0.3) is 0 Å². The number of carbonyl (C=O) groups excluding carboxylic acids is 1. The van der Waals surface area contributed by atoms with Crippen LogP contribution in [0.1, 0.15) is 31.7 Å². The van der Waals surface area contributed by atoms with E-state index in [1.165, 1.54) is 11.3 Å². The predicted octanol–water partition coefficient (Wildman–Crippen LogP) is 2.12. The molecule has 1 saturated heterocycles. The van der Waals surface area contributed by atoms with Crippen molar-refractivity contribution in [1.29, 1.82) is 0 Å². The molecule has 4 heteroatoms. The highest BCUT2D eigenvalue weighted by molar-refractivity contribution is 5.76. The minimum Gasteiger partial charge on any atom is -0.493 e. The van der Waals surface area contributed by atoms with Gasteiger partial charge < -0.3 is 15.0 Å². The van der Waals surface area contributed by atoms with Gasteiger partial charge in [-0.25, -0.2) is 0 Å². The third-order valence-electron chi connectivity index (χ3n) is 4.15. The zero-order valence-corrected chi connectivity index (χ0v) is 12.0. The molecule has 1 amide bonds. The number of hydrogen-bond acceptors (Lipinski definition) is 3. The first-order chi connectivity index (χ1) is 9.78. The van der Waals surface area contributed by atoms with Crippen LogP contribution in [0, 0.1) is 0 Å². The van der Waals surface area contributed by atoms with Crippen LogP contribution in [0.5, 0.6) is 5.75 Å². The molecule has 108 valence electrons. The van der Waals surface area contributed by atoms with Crippen LogP contribution < -0.4 is 15.0 Å². The molecule has 1 atom stereocenters. The van der Waals surface area contributed by atoms with E-state index in [9.17, 15) is 4.79 Å². The molecule has 0 aliphatic carbocycles. The Labute approximate surface area is 120 Å². The average Bonchev–Trinajstić information content (AvgIpc) is 2.94. The highest BCUT2D eigenvalue weighted by Gasteiger charge is 2.26. The second kappa shape index (κ2) is 5.73. The summed E-state index contributed by atoms with van der Waals surface area (Å²) in [6, 6.07) is 6.59. The van der Waals surface area contributed by atoms with Gasteiger partial charge in [0.05, 0.1) is 6.61 Å². The van der Waals surface area contributed by atoms with Crippen LogP contribution in [0.4, 0.5) is 5.69 Å². The van der Waals surface area contributed by atoms with Crippen LogP contribution in [0.2, 0.25) is 0 Å². The highest BCUT2D eigenvalue weighted by atomic mass is 16.5. The van der Waals surface area contributed by atoms with Crippen molar-refractivity contribution >= 4 is 11.6 Å². The lowest BCUT2D eigenvalue weighted by Gasteiger charge is -2.26. The third-order valence-corrected chi connectivity index (χ3v) is 4.15. The molecule has 2 heterocycles. The van der Waals surface area contributed by atoms with Crippen LogP contribution in [0.3, 0.4) is 0 Å². The van der Waals surface area contributed by atoms with Gasteiger partial charge in [-0.3, -0.25) is 4.79 Å². The number of carbonyl (C=O) groups is 1. The summed E-state index contributed by atoms with van der Waals surface area (Å²) in [5.74, 6) is 1.19. The monoisotopic (exact) mass is 274 g/mol. The Morgan fingerprint density at radius 1 is 1.50 bits per heavy atom. The number of nitrogens with one attached hydrogen (secondary N) is 1. The molecule has 1 N–H and O–H groups in total. The lowest BCUT2D eigenvalue weighted by molar-refractivity contribution is -0.121. The number of benzene rings is 1. The third kappa shape index (κ3) is 2.60. The van der Waals surface area contributed by atoms with Crippen LogP contribution in [0.15, 0.2) is 18.2 Å². The van der Waals surface area contributed by atoms with E-state index in [-0.39, 0.29) is 11.9 Å². The first-order valence-corrected chi connectivity index (χ1v) is 7.57. The molecule has 1 unspecified atom stereocenters. The molecule has 2 aliphatic heterocycles. The highest BCUT2D eigenvalue weighted by Crippen LogP contribution is 2.34. The van der Waals surface area contributed by atoms with E-state index in [2.05, 4.69) is 28.4 Å². The molecular weight excluding hydrogens is 252 g/mol. The van der Waals surface area contributed by atoms with Crippen molar-refractivity contribution in [3.63, 3.8) is 0 Å². The Balaban J connectivity index is 1.73. The lowest BCUT2D eigenvalue weighted by atomic mass is 10.0. The van der Waals surface area contributed by atoms with E-state index in [1.807, 2.05) is 6.92 Å². The molecule has 0 radical (unpaired) electrons. The number of anilines is 1. The van der Waals surface area contributed by atoms with Crippen molar-refractivity contribution < 1.29 is 9.53 Å². The van der Waals surface area contributed by atoms with Gasteiger partial charge in [-0.05, 0) is 31.4 Å². The van der Waals surface area contributed by atoms with E-state index in [4.69, 9.17) is 4.74 Å². The van der Waals surface area contributed by atoms with E-state index in [0.717, 1.165) is 44.7 Å². The molecule has 0 spiro atoms. The van der Waals surface area contributed by atoms with Gasteiger partial charge in [0.1, 0.15) is 5.75 Å². The molecule has 2 aliphatic rings. The van der Waals surface area contributed by atoms with Gasteiger partial charge >= 0.3 is 0 Å². The van der Waals surface area contributed by atoms with E-state index < -0.39 is 0 Å². The molecule has 3 rings (SSSR count). The molecule has 1 aromatic carbocycles. The number of hydrogen-bond donors (Lipinski definition) is 1. The van der Waals surface area contributed by atoms with Gasteiger partial charge in [0, 0.05) is 36.8 Å². The summed E-state index contributed by atoms with van der Waals surface area (Å²) >= 11 is 0. The first kappa shape index (κ1) is 13.3. The van der Waals surface area contributed by atoms with Crippen LogP contribution in [-0.2, 0) is 11.2 Å². The molecule has 1 aromatic rings. The molecule has 4 nitrogen and oxygen atoms in total. The SMILES string of the molecule is CCC(=O)NC1CCN(c2cccc3c2CCCO3)C1. The van der Waals surface area contributed by atoms with E-state index in [0.29, 0.717) is 6.42 Å². The average molecular weight is 274 g/mol. The second-order valence-corrected chi connectivity index (χ2v) is 5.56. The fourth-order valence-corrected chi connectivity index (χ4v) is 3.09. The fourth-order valence-electron chi connectivity index (χ4n) is 3.09. The van der Waals surface area contributed by atoms with Crippen molar-refractivity contribution in [2.75, 3.05) is 24.6 Å². The summed E-state index contributed by atoms with van der Waals surface area (Å²) in [6.45, 7) is 4.63. The van der Waals surface area contributed by atoms with Gasteiger partial charge in [-0.1, -0.05) is 13.0 Å². The topological polar surface area (TPSA) is 41.6 Å². The number of amides is 1. The Kier molecular flexibility index (Phi) is 3.81. The molecule has 0 saturated carbocycles. The smallest absolute Gasteiger partial charge is 0.219 e. The summed E-state index contributed by atoms with van der Waals surface area (Å²) in [7, 11) is 0. The molecule has 20 heavy (non-hydrogen) atoms. The maximum atomic E-state index is 11.5. The molecule has 1 fully saturated rings. The lowest BCUT2D eigenvalue weighted by Crippen LogP contribution is -2.36. The summed E-state index contributed by atoms with van der Waals surface area (Å²) in [5.41, 5.74) is 2.62. The van der Waals surface area contributed by atoms with Gasteiger partial charge in [0.2, 0.25) is 5.91 Å². The predicted molar refractivity (Wildman–Crippen MR) is 79.3 cm³/mol. The van der Waals surface area contributed by atoms with E-state index >= 15 is 0 Å². The van der Waals surface area contributed by atoms with Crippen molar-refractivity contribution in [2.24, 2.45) is 0 Å². The van der Waals surface area contributed by atoms with Crippen molar-refractivity contribution in [3.05, 3.63) is 23.8 Å². The summed E-state index contributed by atoms with van der Waals surface area (Å²) in [5, 5.41) is 3.10. The Morgan fingerprint density at radius 3 is 3.25 bits per heavy atom. The minimum absolute atomic E-state index is 0.148. The number of rotatable bonds is 3. The Morgan fingerprint density at radius 2 is 2.40 bits per heavy atom. The maximum absolute atomic E-state index is 11.5. The van der Waals surface area contributed by atoms with E-state index in [1.54, 1.807) is 0 Å². The minimum atomic E-state index is 0.148. The largest absolute Gasteiger partial charge is 0.493 e. The first-order valence-electron chi connectivity index (χ1n) is 7.57. The molecule has 0 bridgehead atoms. The zero-order chi connectivity index (χ0) is 13.9. The van der Waals surface area contributed by atoms with Gasteiger partial charge in [0.25, 0.3) is 0 Å². The van der Waals surface area contributed by atoms with Crippen molar-refractivity contribution in [2.45, 2.75) is 38.6 Å². The van der Waals surface area contributed by atoms with Crippen LogP contribution >= 0.6 is 0 Å². The quantitative estimate of drug-likeness (QED) is 0.918. The van der Waals surface area contributed by atoms with Crippen LogP contribution in [-0.4, -0.2) is 31.6 Å². The zero-order valence-electron chi connectivity index (χ0n) is 12.0. The van der Waals surface area contributed by atoms with Crippen molar-refractivity contribution in [3.8, 4) is 5.75 Å². The number of ether oxygens (including phenoxy) is 1. The fraction of sp³-hybridized carbons (Fsp3) is 0.562.